The molecule has 0 unspecified atom stereocenters. The molecule has 1 heterocycles. The van der Waals surface area contributed by atoms with E-state index >= 15 is 0 Å². The zero-order chi connectivity index (χ0) is 14.7. The standard InChI is InChI=1S/C11H10BrCl2N5O/c1-2-20-11-18-9(15)17-10(19-11)16-6-4-3-5(12)7(13)8(6)14/h3-4H,2H2,1H3,(H3,15,16,17,18,19). The van der Waals surface area contributed by atoms with Crippen molar-refractivity contribution < 1.29 is 4.74 Å². The van der Waals surface area contributed by atoms with Gasteiger partial charge in [0.1, 0.15) is 0 Å². The van der Waals surface area contributed by atoms with Crippen LogP contribution < -0.4 is 15.8 Å². The topological polar surface area (TPSA) is 86.0 Å². The highest BCUT2D eigenvalue weighted by atomic mass is 79.9. The minimum Gasteiger partial charge on any atom is -0.464 e. The second kappa shape index (κ2) is 6.43. The molecule has 0 saturated heterocycles. The van der Waals surface area contributed by atoms with Gasteiger partial charge < -0.3 is 15.8 Å². The summed E-state index contributed by atoms with van der Waals surface area (Å²) in [6.07, 6.45) is 0. The lowest BCUT2D eigenvalue weighted by molar-refractivity contribution is 0.312. The van der Waals surface area contributed by atoms with Gasteiger partial charge in [0, 0.05) is 4.47 Å². The molecule has 6 nitrogen and oxygen atoms in total. The Labute approximate surface area is 133 Å². The van der Waals surface area contributed by atoms with Gasteiger partial charge in [0.2, 0.25) is 11.9 Å². The van der Waals surface area contributed by atoms with Gasteiger partial charge in [0.15, 0.2) is 0 Å². The number of halogens is 3. The van der Waals surface area contributed by atoms with Crippen LogP contribution in [0.5, 0.6) is 6.01 Å². The van der Waals surface area contributed by atoms with Gasteiger partial charge in [0.25, 0.3) is 0 Å². The molecule has 1 aromatic carbocycles. The molecular weight excluding hydrogens is 369 g/mol. The maximum absolute atomic E-state index is 6.13. The van der Waals surface area contributed by atoms with Crippen LogP contribution in [0.1, 0.15) is 6.92 Å². The fourth-order valence-corrected chi connectivity index (χ4v) is 2.19. The summed E-state index contributed by atoms with van der Waals surface area (Å²) in [5, 5.41) is 3.66. The molecule has 2 rings (SSSR count). The highest BCUT2D eigenvalue weighted by molar-refractivity contribution is 9.10. The molecule has 0 fully saturated rings. The van der Waals surface area contributed by atoms with Crippen molar-refractivity contribution in [2.75, 3.05) is 17.7 Å². The van der Waals surface area contributed by atoms with Crippen LogP contribution in [0.2, 0.25) is 10.0 Å². The van der Waals surface area contributed by atoms with Gasteiger partial charge in [-0.1, -0.05) is 23.2 Å². The first-order chi connectivity index (χ1) is 9.51. The second-order valence-corrected chi connectivity index (χ2v) is 5.19. The van der Waals surface area contributed by atoms with E-state index in [1.165, 1.54) is 0 Å². The molecule has 0 saturated carbocycles. The average Bonchev–Trinajstić information content (AvgIpc) is 2.39. The maximum Gasteiger partial charge on any atom is 0.323 e. The van der Waals surface area contributed by atoms with Crippen molar-refractivity contribution in [2.45, 2.75) is 6.92 Å². The number of aromatic nitrogens is 3. The Morgan fingerprint density at radius 1 is 1.25 bits per heavy atom. The Morgan fingerprint density at radius 3 is 2.70 bits per heavy atom. The summed E-state index contributed by atoms with van der Waals surface area (Å²) in [5.74, 6) is 0.270. The number of rotatable bonds is 4. The minimum absolute atomic E-state index is 0.0466. The van der Waals surface area contributed by atoms with Crippen molar-refractivity contribution in [3.63, 3.8) is 0 Å². The zero-order valence-corrected chi connectivity index (χ0v) is 13.4. The SMILES string of the molecule is CCOc1nc(N)nc(Nc2ccc(Br)c(Cl)c2Cl)n1. The van der Waals surface area contributed by atoms with Crippen molar-refractivity contribution in [2.24, 2.45) is 0 Å². The molecule has 9 heteroatoms. The summed E-state index contributed by atoms with van der Waals surface area (Å²) < 4.78 is 5.88. The van der Waals surface area contributed by atoms with Crippen LogP contribution in [0.3, 0.4) is 0 Å². The number of nitrogens with one attached hydrogen (secondary N) is 1. The van der Waals surface area contributed by atoms with Crippen LogP contribution in [0.4, 0.5) is 17.6 Å². The lowest BCUT2D eigenvalue weighted by atomic mass is 10.3. The molecule has 20 heavy (non-hydrogen) atoms. The van der Waals surface area contributed by atoms with Crippen molar-refractivity contribution in [3.8, 4) is 6.01 Å². The van der Waals surface area contributed by atoms with E-state index in [0.717, 1.165) is 0 Å². The first kappa shape index (κ1) is 15.1. The Morgan fingerprint density at radius 2 is 2.00 bits per heavy atom. The molecule has 0 spiro atoms. The summed E-state index contributed by atoms with van der Waals surface area (Å²) >= 11 is 15.5. The molecule has 3 N–H and O–H groups in total. The van der Waals surface area contributed by atoms with Gasteiger partial charge in [-0.2, -0.15) is 15.0 Å². The molecule has 0 amide bonds. The number of nitrogens with two attached hydrogens (primary N) is 1. The maximum atomic E-state index is 6.13. The Bertz CT molecular complexity index is 640. The van der Waals surface area contributed by atoms with E-state index in [9.17, 15) is 0 Å². The average molecular weight is 379 g/mol. The molecule has 0 aliphatic carbocycles. The van der Waals surface area contributed by atoms with Crippen LogP contribution in [0, 0.1) is 0 Å². The van der Waals surface area contributed by atoms with E-state index in [2.05, 4.69) is 36.2 Å². The fourth-order valence-electron chi connectivity index (χ4n) is 1.36. The summed E-state index contributed by atoms with van der Waals surface area (Å²) in [5.41, 5.74) is 6.14. The van der Waals surface area contributed by atoms with Gasteiger partial charge in [-0.15, -0.1) is 0 Å². The third-order valence-electron chi connectivity index (χ3n) is 2.19. The highest BCUT2D eigenvalue weighted by Gasteiger charge is 2.11. The molecule has 0 atom stereocenters. The van der Waals surface area contributed by atoms with Crippen LogP contribution >= 0.6 is 39.1 Å². The minimum atomic E-state index is 0.0466. The van der Waals surface area contributed by atoms with E-state index in [1.807, 2.05) is 6.92 Å². The van der Waals surface area contributed by atoms with Gasteiger partial charge in [0.05, 0.1) is 22.3 Å². The predicted molar refractivity (Wildman–Crippen MR) is 82.9 cm³/mol. The lowest BCUT2D eigenvalue weighted by Crippen LogP contribution is -2.07. The van der Waals surface area contributed by atoms with Crippen LogP contribution in [0.25, 0.3) is 0 Å². The largest absolute Gasteiger partial charge is 0.464 e. The first-order valence-corrected chi connectivity index (χ1v) is 7.11. The Hall–Kier alpha value is -1.31. The summed E-state index contributed by atoms with van der Waals surface area (Å²) in [6.45, 7) is 2.24. The Balaban J connectivity index is 2.32. The normalized spacial score (nSPS) is 10.4. The molecule has 106 valence electrons. The van der Waals surface area contributed by atoms with Gasteiger partial charge >= 0.3 is 6.01 Å². The molecule has 2 aromatic rings. The number of anilines is 3. The zero-order valence-electron chi connectivity index (χ0n) is 10.3. The molecule has 0 aliphatic rings. The lowest BCUT2D eigenvalue weighted by Gasteiger charge is -2.10. The number of nitrogen functional groups attached to an aromatic ring is 1. The predicted octanol–water partition coefficient (Wildman–Crippen LogP) is 3.67. The van der Waals surface area contributed by atoms with Gasteiger partial charge in [-0.25, -0.2) is 0 Å². The van der Waals surface area contributed by atoms with Crippen LogP contribution in [-0.2, 0) is 0 Å². The van der Waals surface area contributed by atoms with Crippen LogP contribution in [-0.4, -0.2) is 21.6 Å². The number of ether oxygens (including phenoxy) is 1. The third-order valence-corrected chi connectivity index (χ3v) is 3.96. The van der Waals surface area contributed by atoms with Gasteiger partial charge in [-0.05, 0) is 35.0 Å². The summed E-state index contributed by atoms with van der Waals surface area (Å²) in [6, 6.07) is 3.63. The molecule has 1 aromatic heterocycles. The first-order valence-electron chi connectivity index (χ1n) is 5.56. The van der Waals surface area contributed by atoms with E-state index in [0.29, 0.717) is 26.8 Å². The molecule has 0 aliphatic heterocycles. The number of hydrogen-bond donors (Lipinski definition) is 2. The Kier molecular flexibility index (Phi) is 4.85. The molecule has 0 radical (unpaired) electrons. The fraction of sp³-hybridized carbons (Fsp3) is 0.182. The number of nitrogens with zero attached hydrogens (tertiary/aromatic N) is 3. The van der Waals surface area contributed by atoms with E-state index < -0.39 is 0 Å². The molecule has 0 bridgehead atoms. The highest BCUT2D eigenvalue weighted by Crippen LogP contribution is 2.36. The second-order valence-electron chi connectivity index (χ2n) is 3.58. The smallest absolute Gasteiger partial charge is 0.323 e. The van der Waals surface area contributed by atoms with Crippen molar-refractivity contribution >= 4 is 56.7 Å². The van der Waals surface area contributed by atoms with E-state index in [1.54, 1.807) is 12.1 Å². The monoisotopic (exact) mass is 377 g/mol. The number of benzene rings is 1. The van der Waals surface area contributed by atoms with Crippen molar-refractivity contribution in [1.29, 1.82) is 0 Å². The van der Waals surface area contributed by atoms with Crippen molar-refractivity contribution in [3.05, 3.63) is 26.7 Å². The summed E-state index contributed by atoms with van der Waals surface area (Å²) in [4.78, 5) is 11.9. The van der Waals surface area contributed by atoms with E-state index in [4.69, 9.17) is 33.7 Å². The molecular formula is C11H10BrCl2N5O. The van der Waals surface area contributed by atoms with E-state index in [-0.39, 0.29) is 17.9 Å². The number of hydrogen-bond acceptors (Lipinski definition) is 6. The quantitative estimate of drug-likeness (QED) is 0.789. The summed E-state index contributed by atoms with van der Waals surface area (Å²) in [7, 11) is 0. The third kappa shape index (κ3) is 3.41. The van der Waals surface area contributed by atoms with Crippen LogP contribution in [0.15, 0.2) is 16.6 Å². The van der Waals surface area contributed by atoms with Gasteiger partial charge in [-0.3, -0.25) is 0 Å². The van der Waals surface area contributed by atoms with Crippen molar-refractivity contribution in [1.82, 2.24) is 15.0 Å².